The summed E-state index contributed by atoms with van der Waals surface area (Å²) in [5, 5.41) is 20.3. The number of fused-ring (bicyclic) bond motifs is 2. The van der Waals surface area contributed by atoms with Crippen molar-refractivity contribution < 1.29 is 19.8 Å². The summed E-state index contributed by atoms with van der Waals surface area (Å²) >= 11 is 0. The molecule has 0 heterocycles. The van der Waals surface area contributed by atoms with Gasteiger partial charge in [0.15, 0.2) is 11.6 Å². The topological polar surface area (TPSA) is 74.6 Å². The van der Waals surface area contributed by atoms with Gasteiger partial charge < -0.3 is 10.2 Å². The van der Waals surface area contributed by atoms with Crippen LogP contribution in [0.25, 0.3) is 0 Å². The van der Waals surface area contributed by atoms with E-state index in [2.05, 4.69) is 6.92 Å². The number of aromatic hydroxyl groups is 2. The van der Waals surface area contributed by atoms with Gasteiger partial charge in [-0.25, -0.2) is 0 Å². The van der Waals surface area contributed by atoms with Crippen molar-refractivity contribution in [1.82, 2.24) is 0 Å². The van der Waals surface area contributed by atoms with Crippen LogP contribution in [0.3, 0.4) is 0 Å². The van der Waals surface area contributed by atoms with Crippen LogP contribution >= 0.6 is 0 Å². The zero-order valence-electron chi connectivity index (χ0n) is 18.8. The van der Waals surface area contributed by atoms with Crippen LogP contribution in [0, 0.1) is 17.8 Å². The molecule has 0 radical (unpaired) electrons. The largest absolute Gasteiger partial charge is 0.507 e. The molecule has 0 aliphatic heterocycles. The predicted octanol–water partition coefficient (Wildman–Crippen LogP) is 6.36. The molecule has 3 aliphatic carbocycles. The lowest BCUT2D eigenvalue weighted by atomic mass is 9.68. The lowest BCUT2D eigenvalue weighted by Crippen LogP contribution is -2.25. The van der Waals surface area contributed by atoms with Crippen LogP contribution in [0.2, 0.25) is 0 Å². The fourth-order valence-corrected chi connectivity index (χ4v) is 6.50. The van der Waals surface area contributed by atoms with Crippen molar-refractivity contribution in [3.8, 4) is 11.5 Å². The Labute approximate surface area is 189 Å². The van der Waals surface area contributed by atoms with Crippen molar-refractivity contribution >= 4 is 11.6 Å². The van der Waals surface area contributed by atoms with Gasteiger partial charge in [0.2, 0.25) is 0 Å². The van der Waals surface area contributed by atoms with Gasteiger partial charge in [-0.3, -0.25) is 9.59 Å². The molecule has 4 nitrogen and oxygen atoms in total. The van der Waals surface area contributed by atoms with E-state index in [0.29, 0.717) is 17.0 Å². The van der Waals surface area contributed by atoms with Crippen LogP contribution in [-0.2, 0) is 0 Å². The van der Waals surface area contributed by atoms with Crippen LogP contribution in [0.15, 0.2) is 30.3 Å². The summed E-state index contributed by atoms with van der Waals surface area (Å²) in [4.78, 5) is 26.1. The number of carbonyl (C=O) groups excluding carboxylic acids is 2. The minimum absolute atomic E-state index is 0.0777. The SMILES string of the molecule is CC[C@H]1CC[C@H](C2CCC(c3ccc4c(c3)C(=O)c3c(O)ccc(O)c3C4=O)CC2)CC1. The van der Waals surface area contributed by atoms with E-state index < -0.39 is 5.78 Å². The number of rotatable bonds is 3. The first kappa shape index (κ1) is 21.2. The highest BCUT2D eigenvalue weighted by Gasteiger charge is 2.36. The minimum Gasteiger partial charge on any atom is -0.507 e. The third-order valence-corrected chi connectivity index (χ3v) is 8.53. The number of phenols is 2. The highest BCUT2D eigenvalue weighted by atomic mass is 16.3. The number of benzene rings is 2. The third kappa shape index (κ3) is 3.54. The maximum Gasteiger partial charge on any atom is 0.198 e. The van der Waals surface area contributed by atoms with Crippen molar-refractivity contribution in [1.29, 1.82) is 0 Å². The Bertz CT molecular complexity index is 1050. The van der Waals surface area contributed by atoms with Crippen molar-refractivity contribution in [2.45, 2.75) is 70.6 Å². The Hall–Kier alpha value is -2.62. The van der Waals surface area contributed by atoms with E-state index in [4.69, 9.17) is 0 Å². The van der Waals surface area contributed by atoms with Gasteiger partial charge in [0.05, 0.1) is 11.1 Å². The first-order chi connectivity index (χ1) is 15.5. The van der Waals surface area contributed by atoms with Crippen LogP contribution < -0.4 is 0 Å². The quantitative estimate of drug-likeness (QED) is 0.472. The fourth-order valence-electron chi connectivity index (χ4n) is 6.50. The molecule has 2 saturated carbocycles. The normalized spacial score (nSPS) is 27.7. The van der Waals surface area contributed by atoms with Crippen LogP contribution in [-0.4, -0.2) is 21.8 Å². The molecular formula is C28H32O4. The molecule has 2 fully saturated rings. The molecule has 0 saturated heterocycles. The van der Waals surface area contributed by atoms with E-state index in [0.717, 1.165) is 36.2 Å². The summed E-state index contributed by atoms with van der Waals surface area (Å²) in [5.41, 5.74) is 1.61. The van der Waals surface area contributed by atoms with Crippen LogP contribution in [0.4, 0.5) is 0 Å². The lowest BCUT2D eigenvalue weighted by molar-refractivity contribution is 0.0974. The first-order valence-corrected chi connectivity index (χ1v) is 12.3. The standard InChI is InChI=1S/C28H32O4/c1-2-16-3-5-17(6-4-16)18-7-9-19(10-8-18)20-11-12-21-22(15-20)28(32)26-24(30)14-13-23(29)25(26)27(21)31/h11-19,29-30H,2-10H2,1H3/t16-,17-,18?,19?. The molecule has 4 heteroatoms. The second-order valence-corrected chi connectivity index (χ2v) is 10.1. The van der Waals surface area contributed by atoms with Crippen molar-refractivity contribution in [3.05, 3.63) is 58.1 Å². The second kappa shape index (κ2) is 8.38. The second-order valence-electron chi connectivity index (χ2n) is 10.1. The Morgan fingerprint density at radius 1 is 0.719 bits per heavy atom. The summed E-state index contributed by atoms with van der Waals surface area (Å²) < 4.78 is 0. The van der Waals surface area contributed by atoms with Gasteiger partial charge in [0, 0.05) is 11.1 Å². The first-order valence-electron chi connectivity index (χ1n) is 12.3. The van der Waals surface area contributed by atoms with Crippen molar-refractivity contribution in [2.75, 3.05) is 0 Å². The molecule has 2 aromatic carbocycles. The number of carbonyl (C=O) groups is 2. The maximum atomic E-state index is 13.1. The third-order valence-electron chi connectivity index (χ3n) is 8.53. The monoisotopic (exact) mass is 432 g/mol. The molecule has 0 unspecified atom stereocenters. The molecule has 2 N–H and O–H groups in total. The van der Waals surface area contributed by atoms with Gasteiger partial charge in [-0.1, -0.05) is 38.3 Å². The van der Waals surface area contributed by atoms with Crippen molar-refractivity contribution in [3.63, 3.8) is 0 Å². The summed E-state index contributed by atoms with van der Waals surface area (Å²) in [6.07, 6.45) is 11.6. The lowest BCUT2D eigenvalue weighted by Gasteiger charge is -2.38. The van der Waals surface area contributed by atoms with E-state index in [9.17, 15) is 19.8 Å². The fraction of sp³-hybridized carbons (Fsp3) is 0.500. The van der Waals surface area contributed by atoms with Gasteiger partial charge in [-0.2, -0.15) is 0 Å². The molecule has 0 aromatic heterocycles. The zero-order valence-corrected chi connectivity index (χ0v) is 18.8. The number of hydrogen-bond acceptors (Lipinski definition) is 4. The molecule has 32 heavy (non-hydrogen) atoms. The van der Waals surface area contributed by atoms with Gasteiger partial charge in [-0.15, -0.1) is 0 Å². The summed E-state index contributed by atoms with van der Waals surface area (Å²) in [6, 6.07) is 8.09. The zero-order chi connectivity index (χ0) is 22.4. The van der Waals surface area contributed by atoms with Gasteiger partial charge in [-0.05, 0) is 86.0 Å². The molecular weight excluding hydrogens is 400 g/mol. The Morgan fingerprint density at radius 2 is 1.25 bits per heavy atom. The Morgan fingerprint density at radius 3 is 1.81 bits per heavy atom. The van der Waals surface area contributed by atoms with E-state index in [1.165, 1.54) is 57.1 Å². The van der Waals surface area contributed by atoms with Crippen LogP contribution in [0.1, 0.15) is 108 Å². The molecule has 0 atom stereocenters. The Kier molecular flexibility index (Phi) is 5.56. The molecule has 168 valence electrons. The molecule has 0 bridgehead atoms. The van der Waals surface area contributed by atoms with E-state index in [-0.39, 0.29) is 28.4 Å². The van der Waals surface area contributed by atoms with Crippen LogP contribution in [0.5, 0.6) is 11.5 Å². The maximum absolute atomic E-state index is 13.1. The molecule has 3 aliphatic rings. The minimum atomic E-state index is -0.402. The van der Waals surface area contributed by atoms with E-state index in [1.54, 1.807) is 6.07 Å². The average molecular weight is 433 g/mol. The summed E-state index contributed by atoms with van der Waals surface area (Å²) in [6.45, 7) is 2.32. The summed E-state index contributed by atoms with van der Waals surface area (Å²) in [7, 11) is 0. The molecule has 0 spiro atoms. The predicted molar refractivity (Wildman–Crippen MR) is 124 cm³/mol. The van der Waals surface area contributed by atoms with Gasteiger partial charge >= 0.3 is 0 Å². The number of hydrogen-bond donors (Lipinski definition) is 2. The average Bonchev–Trinajstić information content (AvgIpc) is 2.84. The Balaban J connectivity index is 1.33. The number of ketones is 2. The molecule has 0 amide bonds. The molecule has 2 aromatic rings. The van der Waals surface area contributed by atoms with E-state index in [1.807, 2.05) is 12.1 Å². The number of phenolic OH excluding ortho intramolecular Hbond substituents is 2. The highest BCUT2D eigenvalue weighted by Crippen LogP contribution is 2.45. The molecule has 5 rings (SSSR count). The van der Waals surface area contributed by atoms with Gasteiger partial charge in [0.25, 0.3) is 0 Å². The highest BCUT2D eigenvalue weighted by molar-refractivity contribution is 6.30. The summed E-state index contributed by atoms with van der Waals surface area (Å²) in [5.74, 6) is 1.75. The van der Waals surface area contributed by atoms with Crippen molar-refractivity contribution in [2.24, 2.45) is 17.8 Å². The van der Waals surface area contributed by atoms with Gasteiger partial charge in [0.1, 0.15) is 11.5 Å². The smallest absolute Gasteiger partial charge is 0.198 e. The van der Waals surface area contributed by atoms with E-state index >= 15 is 0 Å².